The molecule has 0 saturated heterocycles. The molecule has 100 valence electrons. The predicted molar refractivity (Wildman–Crippen MR) is 67.2 cm³/mol. The maximum absolute atomic E-state index is 11.2. The Hall–Kier alpha value is -2.36. The van der Waals surface area contributed by atoms with Gasteiger partial charge in [-0.2, -0.15) is 9.97 Å². The highest BCUT2D eigenvalue weighted by Gasteiger charge is 2.09. The van der Waals surface area contributed by atoms with Crippen LogP contribution in [0.15, 0.2) is 25.8 Å². The van der Waals surface area contributed by atoms with Crippen molar-refractivity contribution in [2.24, 2.45) is 7.05 Å². The zero-order valence-corrected chi connectivity index (χ0v) is 10.9. The summed E-state index contributed by atoms with van der Waals surface area (Å²) in [6, 6.07) is 1.54. The molecule has 0 radical (unpaired) electrons. The van der Waals surface area contributed by atoms with Crippen LogP contribution < -0.4 is 21.6 Å². The minimum absolute atomic E-state index is 0.0382. The van der Waals surface area contributed by atoms with Gasteiger partial charge < -0.3 is 10.5 Å². The Morgan fingerprint density at radius 2 is 2.11 bits per heavy atom. The molecule has 2 aromatic heterocycles. The first-order chi connectivity index (χ1) is 8.99. The maximum Gasteiger partial charge on any atom is 0.339 e. The summed E-state index contributed by atoms with van der Waals surface area (Å²) >= 11 is 1.05. The number of hydrogen-bond donors (Lipinski definition) is 2. The third-order valence-corrected chi connectivity index (χ3v) is 3.02. The van der Waals surface area contributed by atoms with Crippen molar-refractivity contribution in [1.82, 2.24) is 24.7 Å². The van der Waals surface area contributed by atoms with Gasteiger partial charge in [0.05, 0.1) is 7.11 Å². The van der Waals surface area contributed by atoms with Gasteiger partial charge in [-0.15, -0.1) is 0 Å². The lowest BCUT2D eigenvalue weighted by molar-refractivity contribution is 0.396. The molecule has 10 heteroatoms. The fourth-order valence-electron chi connectivity index (χ4n) is 1.22. The van der Waals surface area contributed by atoms with Gasteiger partial charge in [0, 0.05) is 13.1 Å². The molecule has 19 heavy (non-hydrogen) atoms. The SMILES string of the molecule is COc1cc(Sc2nc(=O)c(=O)[nH]n2C)nc(N)n1. The number of aryl methyl sites for hydroxylation is 1. The van der Waals surface area contributed by atoms with Crippen molar-refractivity contribution in [3.63, 3.8) is 0 Å². The van der Waals surface area contributed by atoms with Gasteiger partial charge in [0.2, 0.25) is 11.8 Å². The van der Waals surface area contributed by atoms with E-state index in [0.717, 1.165) is 11.8 Å². The number of H-pyrrole nitrogens is 1. The van der Waals surface area contributed by atoms with Gasteiger partial charge in [0.1, 0.15) is 5.03 Å². The third kappa shape index (κ3) is 2.91. The number of rotatable bonds is 3. The molecule has 0 aliphatic rings. The summed E-state index contributed by atoms with van der Waals surface area (Å²) in [4.78, 5) is 33.7. The molecule has 0 saturated carbocycles. The van der Waals surface area contributed by atoms with Crippen LogP contribution in [0.4, 0.5) is 5.95 Å². The summed E-state index contributed by atoms with van der Waals surface area (Å²) in [7, 11) is 3.00. The first kappa shape index (κ1) is 13.1. The third-order valence-electron chi connectivity index (χ3n) is 2.05. The quantitative estimate of drug-likeness (QED) is 0.541. The second kappa shape index (κ2) is 5.10. The standard InChI is InChI=1S/C9H10N6O3S/c1-15-9(13-6(16)7(17)14-15)19-5-3-4(18-2)11-8(10)12-5/h3H,1-2H3,(H,14,17)(H2,10,11,12). The molecule has 0 amide bonds. The lowest BCUT2D eigenvalue weighted by Gasteiger charge is -2.06. The number of nitrogens with one attached hydrogen (secondary N) is 1. The second-order valence-electron chi connectivity index (χ2n) is 3.41. The van der Waals surface area contributed by atoms with Gasteiger partial charge in [-0.05, 0) is 11.8 Å². The zero-order valence-electron chi connectivity index (χ0n) is 10.1. The summed E-state index contributed by atoms with van der Waals surface area (Å²) in [6.45, 7) is 0. The van der Waals surface area contributed by atoms with Crippen molar-refractivity contribution in [1.29, 1.82) is 0 Å². The minimum Gasteiger partial charge on any atom is -0.481 e. The normalized spacial score (nSPS) is 10.4. The van der Waals surface area contributed by atoms with E-state index in [-0.39, 0.29) is 11.1 Å². The van der Waals surface area contributed by atoms with Gasteiger partial charge in [0.25, 0.3) is 0 Å². The van der Waals surface area contributed by atoms with Gasteiger partial charge in [0.15, 0.2) is 5.16 Å². The van der Waals surface area contributed by atoms with Crippen LogP contribution in [0.3, 0.4) is 0 Å². The maximum atomic E-state index is 11.2. The monoisotopic (exact) mass is 282 g/mol. The number of nitrogen functional groups attached to an aromatic ring is 1. The summed E-state index contributed by atoms with van der Waals surface area (Å²) in [5.41, 5.74) is 3.87. The molecule has 3 N–H and O–H groups in total. The molecular formula is C9H10N6O3S. The Bertz CT molecular complexity index is 725. The molecule has 0 bridgehead atoms. The van der Waals surface area contributed by atoms with Crippen molar-refractivity contribution in [3.05, 3.63) is 26.8 Å². The van der Waals surface area contributed by atoms with Crippen molar-refractivity contribution in [2.45, 2.75) is 10.2 Å². The van der Waals surface area contributed by atoms with E-state index in [0.29, 0.717) is 10.9 Å². The van der Waals surface area contributed by atoms with Crippen LogP contribution >= 0.6 is 11.8 Å². The Labute approximate surface area is 110 Å². The van der Waals surface area contributed by atoms with Gasteiger partial charge >= 0.3 is 11.1 Å². The first-order valence-corrected chi connectivity index (χ1v) is 5.85. The van der Waals surface area contributed by atoms with Crippen LogP contribution in [-0.4, -0.2) is 31.8 Å². The van der Waals surface area contributed by atoms with Crippen molar-refractivity contribution >= 4 is 17.7 Å². The van der Waals surface area contributed by atoms with E-state index in [2.05, 4.69) is 20.1 Å². The number of nitrogens with zero attached hydrogens (tertiary/aromatic N) is 4. The van der Waals surface area contributed by atoms with Crippen LogP contribution in [-0.2, 0) is 7.05 Å². The van der Waals surface area contributed by atoms with Crippen LogP contribution in [0.25, 0.3) is 0 Å². The van der Waals surface area contributed by atoms with E-state index in [1.807, 2.05) is 0 Å². The summed E-state index contributed by atoms with van der Waals surface area (Å²) in [6.07, 6.45) is 0. The average Bonchev–Trinajstić information content (AvgIpc) is 2.35. The molecular weight excluding hydrogens is 272 g/mol. The number of nitrogens with two attached hydrogens (primary N) is 1. The average molecular weight is 282 g/mol. The number of anilines is 1. The lowest BCUT2D eigenvalue weighted by atomic mass is 10.6. The summed E-state index contributed by atoms with van der Waals surface area (Å²) in [5, 5.41) is 3.04. The van der Waals surface area contributed by atoms with Crippen LogP contribution in [0.2, 0.25) is 0 Å². The van der Waals surface area contributed by atoms with Crippen LogP contribution in [0, 0.1) is 0 Å². The zero-order chi connectivity index (χ0) is 14.0. The highest BCUT2D eigenvalue weighted by molar-refractivity contribution is 7.99. The highest BCUT2D eigenvalue weighted by atomic mass is 32.2. The van der Waals surface area contributed by atoms with E-state index in [1.165, 1.54) is 17.9 Å². The van der Waals surface area contributed by atoms with Crippen molar-refractivity contribution < 1.29 is 4.74 Å². The minimum atomic E-state index is -0.866. The Morgan fingerprint density at radius 1 is 1.37 bits per heavy atom. The number of ether oxygens (including phenoxy) is 1. The van der Waals surface area contributed by atoms with E-state index >= 15 is 0 Å². The summed E-state index contributed by atoms with van der Waals surface area (Å²) in [5.74, 6) is 0.334. The van der Waals surface area contributed by atoms with Gasteiger partial charge in [-0.1, -0.05) is 0 Å². The van der Waals surface area contributed by atoms with Crippen molar-refractivity contribution in [3.8, 4) is 5.88 Å². The second-order valence-corrected chi connectivity index (χ2v) is 4.40. The predicted octanol–water partition coefficient (Wildman–Crippen LogP) is -0.999. The fourth-order valence-corrected chi connectivity index (χ4v) is 2.02. The number of methoxy groups -OCH3 is 1. The van der Waals surface area contributed by atoms with Gasteiger partial charge in [-0.25, -0.2) is 4.98 Å². The molecule has 0 aromatic carbocycles. The molecule has 0 unspecified atom stereocenters. The Kier molecular flexibility index (Phi) is 3.51. The van der Waals surface area contributed by atoms with E-state index < -0.39 is 11.1 Å². The molecule has 2 rings (SSSR count). The number of hydrogen-bond acceptors (Lipinski definition) is 8. The first-order valence-electron chi connectivity index (χ1n) is 5.03. The lowest BCUT2D eigenvalue weighted by Crippen LogP contribution is -2.33. The molecule has 2 heterocycles. The van der Waals surface area contributed by atoms with E-state index in [9.17, 15) is 9.59 Å². The number of aromatic amines is 1. The van der Waals surface area contributed by atoms with E-state index in [1.54, 1.807) is 7.05 Å². The Morgan fingerprint density at radius 3 is 2.79 bits per heavy atom. The highest BCUT2D eigenvalue weighted by Crippen LogP contribution is 2.25. The largest absolute Gasteiger partial charge is 0.481 e. The van der Waals surface area contributed by atoms with Gasteiger partial charge in [-0.3, -0.25) is 19.4 Å². The molecule has 0 atom stereocenters. The smallest absolute Gasteiger partial charge is 0.339 e. The molecule has 0 spiro atoms. The van der Waals surface area contributed by atoms with E-state index in [4.69, 9.17) is 10.5 Å². The fraction of sp³-hybridized carbons (Fsp3) is 0.222. The van der Waals surface area contributed by atoms with Crippen LogP contribution in [0.1, 0.15) is 0 Å². The molecule has 2 aromatic rings. The van der Waals surface area contributed by atoms with Crippen LogP contribution in [0.5, 0.6) is 5.88 Å². The molecule has 0 aliphatic carbocycles. The molecule has 9 nitrogen and oxygen atoms in total. The topological polar surface area (TPSA) is 129 Å². The summed E-state index contributed by atoms with van der Waals surface area (Å²) < 4.78 is 6.27. The number of aromatic nitrogens is 5. The molecule has 0 aliphatic heterocycles. The van der Waals surface area contributed by atoms with Crippen molar-refractivity contribution in [2.75, 3.05) is 12.8 Å². The Balaban J connectivity index is 2.41. The molecule has 0 fully saturated rings.